The first-order valence-electron chi connectivity index (χ1n) is 10.6. The van der Waals surface area contributed by atoms with Crippen LogP contribution in [0.15, 0.2) is 18.2 Å². The molecule has 3 N–H and O–H groups in total. The second-order valence-corrected chi connectivity index (χ2v) is 8.92. The largest absolute Gasteiger partial charge is 0.490 e. The fourth-order valence-corrected chi connectivity index (χ4v) is 4.03. The Kier molecular flexibility index (Phi) is 7.92. The maximum Gasteiger partial charge on any atom is 0.490 e. The van der Waals surface area contributed by atoms with Crippen LogP contribution in [0.2, 0.25) is 0 Å². The lowest BCUT2D eigenvalue weighted by atomic mass is 9.73. The number of nitrogens with zero attached hydrogens (tertiary/aromatic N) is 1. The van der Waals surface area contributed by atoms with Crippen LogP contribution in [0.3, 0.4) is 0 Å². The smallest absolute Gasteiger partial charge is 0.475 e. The second-order valence-electron chi connectivity index (χ2n) is 8.92. The number of carbonyl (C=O) groups excluding carboxylic acids is 2. The van der Waals surface area contributed by atoms with Gasteiger partial charge in [-0.1, -0.05) is 13.8 Å². The Morgan fingerprint density at radius 3 is 2.22 bits per heavy atom. The molecule has 1 saturated heterocycles. The number of likely N-dealkylation sites (tertiary alicyclic amines) is 1. The molecule has 2 heterocycles. The zero-order valence-electron chi connectivity index (χ0n) is 18.7. The first-order valence-corrected chi connectivity index (χ1v) is 10.6. The minimum atomic E-state index is -5.08. The minimum absolute atomic E-state index is 0.0791. The molecule has 0 aliphatic carbocycles. The molecule has 0 saturated carbocycles. The van der Waals surface area contributed by atoms with E-state index in [4.69, 9.17) is 9.90 Å². The molecule has 1 spiro atoms. The van der Waals surface area contributed by atoms with Crippen LogP contribution < -0.4 is 10.6 Å². The maximum absolute atomic E-state index is 12.8. The molecule has 0 aromatic heterocycles. The number of carbonyl (C=O) groups is 3. The standard InChI is InChI=1S/C20H29N3O2.C2HF3O2/c1-13(2)12-23-9-7-20(8-10-23)16-11-15(18(24)21-14(3)4)5-6-17(16)22-19(20)25;3-2(4,5)1(6)7/h5-6,11,13-14H,7-10,12H2,1-4H3,(H,21,24)(H,22,25);(H,6,7). The van der Waals surface area contributed by atoms with Gasteiger partial charge >= 0.3 is 12.1 Å². The van der Waals surface area contributed by atoms with Gasteiger partial charge in [-0.05, 0) is 69.5 Å². The summed E-state index contributed by atoms with van der Waals surface area (Å²) in [4.78, 5) is 36.5. The SMILES string of the molecule is CC(C)CN1CCC2(CC1)C(=O)Nc1ccc(C(=O)NC(C)C)cc12.O=C(O)C(F)(F)F. The van der Waals surface area contributed by atoms with E-state index >= 15 is 0 Å². The van der Waals surface area contributed by atoms with Crippen molar-refractivity contribution in [2.24, 2.45) is 5.92 Å². The van der Waals surface area contributed by atoms with Crippen molar-refractivity contribution in [2.75, 3.05) is 25.0 Å². The summed E-state index contributed by atoms with van der Waals surface area (Å²) < 4.78 is 31.7. The molecule has 2 aliphatic rings. The van der Waals surface area contributed by atoms with Gasteiger partial charge in [0.2, 0.25) is 5.91 Å². The summed E-state index contributed by atoms with van der Waals surface area (Å²) in [5.41, 5.74) is 2.02. The zero-order chi connectivity index (χ0) is 24.3. The van der Waals surface area contributed by atoms with E-state index in [-0.39, 0.29) is 17.9 Å². The Labute approximate surface area is 185 Å². The molecule has 0 radical (unpaired) electrons. The minimum Gasteiger partial charge on any atom is -0.475 e. The number of piperidine rings is 1. The van der Waals surface area contributed by atoms with Crippen molar-refractivity contribution in [3.05, 3.63) is 29.3 Å². The van der Waals surface area contributed by atoms with Crippen LogP contribution in [0, 0.1) is 5.92 Å². The topological polar surface area (TPSA) is 98.7 Å². The summed E-state index contributed by atoms with van der Waals surface area (Å²) in [6.07, 6.45) is -3.46. The third-order valence-electron chi connectivity index (χ3n) is 5.48. The number of nitrogens with one attached hydrogen (secondary N) is 2. The van der Waals surface area contributed by atoms with Crippen molar-refractivity contribution in [1.82, 2.24) is 10.2 Å². The fourth-order valence-electron chi connectivity index (χ4n) is 4.03. The predicted octanol–water partition coefficient (Wildman–Crippen LogP) is 3.40. The number of amides is 2. The van der Waals surface area contributed by atoms with Gasteiger partial charge in [0.25, 0.3) is 5.91 Å². The number of fused-ring (bicyclic) bond motifs is 2. The number of anilines is 1. The van der Waals surface area contributed by atoms with Gasteiger partial charge in [0.05, 0.1) is 5.41 Å². The molecule has 7 nitrogen and oxygen atoms in total. The van der Waals surface area contributed by atoms with Crippen LogP contribution in [0.1, 0.15) is 56.5 Å². The summed E-state index contributed by atoms with van der Waals surface area (Å²) in [5.74, 6) is -2.12. The van der Waals surface area contributed by atoms with Gasteiger partial charge in [-0.15, -0.1) is 0 Å². The number of hydrogen-bond donors (Lipinski definition) is 3. The highest BCUT2D eigenvalue weighted by atomic mass is 19.4. The van der Waals surface area contributed by atoms with Crippen LogP contribution >= 0.6 is 0 Å². The Bertz CT molecular complexity index is 860. The molecule has 0 atom stereocenters. The van der Waals surface area contributed by atoms with Gasteiger partial charge in [0, 0.05) is 23.8 Å². The molecule has 0 unspecified atom stereocenters. The lowest BCUT2D eigenvalue weighted by Gasteiger charge is -2.38. The van der Waals surface area contributed by atoms with Crippen molar-refractivity contribution in [2.45, 2.75) is 58.2 Å². The van der Waals surface area contributed by atoms with Crippen molar-refractivity contribution < 1.29 is 32.7 Å². The van der Waals surface area contributed by atoms with E-state index in [1.54, 1.807) is 6.07 Å². The van der Waals surface area contributed by atoms with E-state index in [0.29, 0.717) is 11.5 Å². The fraction of sp³-hybridized carbons (Fsp3) is 0.591. The highest BCUT2D eigenvalue weighted by Gasteiger charge is 2.48. The number of benzene rings is 1. The molecule has 32 heavy (non-hydrogen) atoms. The third kappa shape index (κ3) is 5.99. The van der Waals surface area contributed by atoms with Gasteiger partial charge in [0.15, 0.2) is 0 Å². The summed E-state index contributed by atoms with van der Waals surface area (Å²) in [5, 5.41) is 13.1. The van der Waals surface area contributed by atoms with Gasteiger partial charge in [-0.2, -0.15) is 13.2 Å². The van der Waals surface area contributed by atoms with Crippen LogP contribution in [0.5, 0.6) is 0 Å². The number of alkyl halides is 3. The Balaban J connectivity index is 0.000000451. The molecule has 1 fully saturated rings. The molecule has 2 amide bonds. The molecule has 2 aliphatic heterocycles. The van der Waals surface area contributed by atoms with Crippen LogP contribution in [-0.4, -0.2) is 59.6 Å². The van der Waals surface area contributed by atoms with Gasteiger partial charge in [-0.25, -0.2) is 4.79 Å². The molecular weight excluding hydrogens is 427 g/mol. The van der Waals surface area contributed by atoms with E-state index in [2.05, 4.69) is 29.4 Å². The van der Waals surface area contributed by atoms with Gasteiger partial charge in [-0.3, -0.25) is 9.59 Å². The average molecular weight is 457 g/mol. The molecule has 3 rings (SSSR count). The molecule has 1 aromatic carbocycles. The highest BCUT2D eigenvalue weighted by Crippen LogP contribution is 2.45. The first-order chi connectivity index (χ1) is 14.8. The average Bonchev–Trinajstić information content (AvgIpc) is 2.93. The van der Waals surface area contributed by atoms with Crippen LogP contribution in [0.25, 0.3) is 0 Å². The van der Waals surface area contributed by atoms with Crippen LogP contribution in [0.4, 0.5) is 18.9 Å². The molecular formula is C22H30F3N3O4. The lowest BCUT2D eigenvalue weighted by Crippen LogP contribution is -2.47. The number of rotatable bonds is 4. The lowest BCUT2D eigenvalue weighted by molar-refractivity contribution is -0.192. The maximum atomic E-state index is 12.8. The molecule has 10 heteroatoms. The number of carboxylic acid groups (broad SMARTS) is 1. The quantitative estimate of drug-likeness (QED) is 0.644. The highest BCUT2D eigenvalue weighted by molar-refractivity contribution is 6.07. The van der Waals surface area contributed by atoms with E-state index in [1.165, 1.54) is 0 Å². The van der Waals surface area contributed by atoms with Crippen LogP contribution in [-0.2, 0) is 15.0 Å². The van der Waals surface area contributed by atoms with Crippen molar-refractivity contribution in [3.63, 3.8) is 0 Å². The van der Waals surface area contributed by atoms with Crippen molar-refractivity contribution in [3.8, 4) is 0 Å². The second kappa shape index (κ2) is 9.89. The van der Waals surface area contributed by atoms with E-state index in [9.17, 15) is 22.8 Å². The summed E-state index contributed by atoms with van der Waals surface area (Å²) in [6, 6.07) is 5.68. The summed E-state index contributed by atoms with van der Waals surface area (Å²) in [7, 11) is 0. The third-order valence-corrected chi connectivity index (χ3v) is 5.48. The molecule has 0 bridgehead atoms. The van der Waals surface area contributed by atoms with E-state index in [0.717, 1.165) is 43.7 Å². The van der Waals surface area contributed by atoms with Crippen molar-refractivity contribution in [1.29, 1.82) is 0 Å². The van der Waals surface area contributed by atoms with E-state index in [1.807, 2.05) is 26.0 Å². The number of carboxylic acids is 1. The van der Waals surface area contributed by atoms with Crippen molar-refractivity contribution >= 4 is 23.5 Å². The molecule has 1 aromatic rings. The summed E-state index contributed by atoms with van der Waals surface area (Å²) >= 11 is 0. The Morgan fingerprint density at radius 2 is 1.75 bits per heavy atom. The summed E-state index contributed by atoms with van der Waals surface area (Å²) in [6.45, 7) is 11.3. The number of hydrogen-bond acceptors (Lipinski definition) is 4. The van der Waals surface area contributed by atoms with E-state index < -0.39 is 17.6 Å². The van der Waals surface area contributed by atoms with Gasteiger partial charge < -0.3 is 20.6 Å². The normalized spacial score (nSPS) is 17.6. The van der Waals surface area contributed by atoms with Gasteiger partial charge in [0.1, 0.15) is 0 Å². The predicted molar refractivity (Wildman–Crippen MR) is 114 cm³/mol. The zero-order valence-corrected chi connectivity index (χ0v) is 18.7. The first kappa shape index (κ1) is 25.6. The Hall–Kier alpha value is -2.62. The Morgan fingerprint density at radius 1 is 1.19 bits per heavy atom. The molecule has 178 valence electrons. The number of aliphatic carboxylic acids is 1. The number of halogens is 3. The monoisotopic (exact) mass is 457 g/mol.